The van der Waals surface area contributed by atoms with E-state index in [1.54, 1.807) is 14.1 Å². The largest absolute Gasteiger partial charge is 0.384 e. The third-order valence-corrected chi connectivity index (χ3v) is 5.80. The minimum atomic E-state index is -1.89. The smallest absolute Gasteiger partial charge is 0.259 e. The molecule has 1 aliphatic heterocycles. The van der Waals surface area contributed by atoms with Crippen LogP contribution in [0, 0.1) is 11.2 Å². The molecule has 0 spiro atoms. The highest BCUT2D eigenvalue weighted by Crippen LogP contribution is 2.24. The van der Waals surface area contributed by atoms with Crippen molar-refractivity contribution in [2.75, 3.05) is 51.1 Å². The molecule has 2 aromatic rings. The van der Waals surface area contributed by atoms with Gasteiger partial charge in [0.25, 0.3) is 17.7 Å². The molecule has 38 heavy (non-hydrogen) atoms. The summed E-state index contributed by atoms with van der Waals surface area (Å²) in [5.41, 5.74) is 6.09. The Morgan fingerprint density at radius 3 is 2.45 bits per heavy atom. The molecule has 0 aromatic heterocycles. The summed E-state index contributed by atoms with van der Waals surface area (Å²) in [5, 5.41) is 20.4. The number of benzene rings is 2. The molecule has 0 bridgehead atoms. The Bertz CT molecular complexity index is 1250. The maximum absolute atomic E-state index is 14.5. The second-order valence-corrected chi connectivity index (χ2v) is 8.85. The summed E-state index contributed by atoms with van der Waals surface area (Å²) in [7, 11) is 4.48. The number of aliphatic hydroxyl groups is 1. The van der Waals surface area contributed by atoms with E-state index in [2.05, 4.69) is 5.32 Å². The number of rotatable bonds is 8. The standard InChI is InChI=1S/C25H29FN6O6/c1-30(2)19(33)13-31(3)24(36)15-10-16(26)12-18(11-15)32-8-9-38-21(25(32)37)20(34)23(35)29-17-6-4-14(5-7-17)22(27)28/h4-7,10-12,20-21,34H,8-9,13H2,1-3H3,(H3,27,28)(H,29,35). The first-order valence-electron chi connectivity index (χ1n) is 11.5. The van der Waals surface area contributed by atoms with E-state index in [9.17, 15) is 28.7 Å². The van der Waals surface area contributed by atoms with Crippen LogP contribution in [0.1, 0.15) is 15.9 Å². The minimum Gasteiger partial charge on any atom is -0.384 e. The number of nitrogens with zero attached hydrogens (tertiary/aromatic N) is 3. The molecule has 3 rings (SSSR count). The molecule has 0 aliphatic carbocycles. The van der Waals surface area contributed by atoms with Crippen molar-refractivity contribution in [1.29, 1.82) is 5.41 Å². The van der Waals surface area contributed by atoms with Gasteiger partial charge >= 0.3 is 0 Å². The minimum absolute atomic E-state index is 0.0117. The number of carbonyl (C=O) groups excluding carboxylic acids is 4. The van der Waals surface area contributed by atoms with Gasteiger partial charge in [-0.25, -0.2) is 4.39 Å². The molecule has 1 saturated heterocycles. The predicted octanol–water partition coefficient (Wildman–Crippen LogP) is 0.00137. The van der Waals surface area contributed by atoms with Gasteiger partial charge in [-0.2, -0.15) is 0 Å². The SMILES string of the molecule is CN(C)C(=O)CN(C)C(=O)c1cc(F)cc(N2CCOC(C(O)C(=O)Nc3ccc(C(=N)N)cc3)C2=O)c1. The van der Waals surface area contributed by atoms with Crippen LogP contribution in [0.5, 0.6) is 0 Å². The lowest BCUT2D eigenvalue weighted by Gasteiger charge is -2.34. The van der Waals surface area contributed by atoms with Crippen molar-refractivity contribution in [3.05, 3.63) is 59.4 Å². The Balaban J connectivity index is 1.75. The average molecular weight is 529 g/mol. The van der Waals surface area contributed by atoms with Crippen LogP contribution >= 0.6 is 0 Å². The van der Waals surface area contributed by atoms with Gasteiger partial charge in [0, 0.05) is 50.2 Å². The second kappa shape index (κ2) is 11.8. The molecule has 2 unspecified atom stereocenters. The zero-order valence-corrected chi connectivity index (χ0v) is 21.1. The van der Waals surface area contributed by atoms with Gasteiger partial charge in [-0.3, -0.25) is 24.6 Å². The molecule has 202 valence electrons. The van der Waals surface area contributed by atoms with Crippen molar-refractivity contribution in [3.63, 3.8) is 0 Å². The van der Waals surface area contributed by atoms with Gasteiger partial charge in [0.2, 0.25) is 5.91 Å². The summed E-state index contributed by atoms with van der Waals surface area (Å²) < 4.78 is 19.8. The Hall–Kier alpha value is -4.36. The fourth-order valence-electron chi connectivity index (χ4n) is 3.67. The first-order valence-corrected chi connectivity index (χ1v) is 11.5. The van der Waals surface area contributed by atoms with Crippen molar-refractivity contribution in [1.82, 2.24) is 9.80 Å². The van der Waals surface area contributed by atoms with Gasteiger partial charge in [-0.05, 0) is 42.5 Å². The Labute approximate surface area is 218 Å². The fourth-order valence-corrected chi connectivity index (χ4v) is 3.67. The van der Waals surface area contributed by atoms with Crippen LogP contribution in [0.25, 0.3) is 0 Å². The summed E-state index contributed by atoms with van der Waals surface area (Å²) in [6.07, 6.45) is -3.47. The summed E-state index contributed by atoms with van der Waals surface area (Å²) in [4.78, 5) is 54.1. The van der Waals surface area contributed by atoms with Gasteiger partial charge in [-0.1, -0.05) is 0 Å². The third-order valence-electron chi connectivity index (χ3n) is 5.80. The molecular weight excluding hydrogens is 499 g/mol. The number of hydrogen-bond donors (Lipinski definition) is 4. The first-order chi connectivity index (χ1) is 17.9. The van der Waals surface area contributed by atoms with Crippen molar-refractivity contribution in [2.24, 2.45) is 5.73 Å². The maximum atomic E-state index is 14.5. The number of halogens is 1. The van der Waals surface area contributed by atoms with Gasteiger partial charge in [0.15, 0.2) is 12.2 Å². The molecule has 5 N–H and O–H groups in total. The van der Waals surface area contributed by atoms with Crippen LogP contribution in [0.2, 0.25) is 0 Å². The molecule has 2 aromatic carbocycles. The number of carbonyl (C=O) groups is 4. The summed E-state index contributed by atoms with van der Waals surface area (Å²) in [6, 6.07) is 9.30. The number of morpholine rings is 1. The van der Waals surface area contributed by atoms with Crippen molar-refractivity contribution in [3.8, 4) is 0 Å². The second-order valence-electron chi connectivity index (χ2n) is 8.85. The highest BCUT2D eigenvalue weighted by molar-refractivity contribution is 6.05. The normalized spacial score (nSPS) is 16.0. The van der Waals surface area contributed by atoms with Crippen LogP contribution in [0.15, 0.2) is 42.5 Å². The monoisotopic (exact) mass is 528 g/mol. The third kappa shape index (κ3) is 6.49. The topological polar surface area (TPSA) is 169 Å². The molecule has 12 nitrogen and oxygen atoms in total. The fraction of sp³-hybridized carbons (Fsp3) is 0.320. The Morgan fingerprint density at radius 1 is 1.18 bits per heavy atom. The van der Waals surface area contributed by atoms with E-state index in [0.717, 1.165) is 21.9 Å². The molecule has 0 saturated carbocycles. The van der Waals surface area contributed by atoms with E-state index in [0.29, 0.717) is 11.3 Å². The number of ether oxygens (including phenoxy) is 1. The van der Waals surface area contributed by atoms with Gasteiger partial charge in [0.05, 0.1) is 13.2 Å². The lowest BCUT2D eigenvalue weighted by atomic mass is 10.1. The van der Waals surface area contributed by atoms with E-state index in [1.165, 1.54) is 42.3 Å². The van der Waals surface area contributed by atoms with Gasteiger partial charge < -0.3 is 35.6 Å². The van der Waals surface area contributed by atoms with E-state index >= 15 is 0 Å². The number of amidine groups is 1. The predicted molar refractivity (Wildman–Crippen MR) is 136 cm³/mol. The summed E-state index contributed by atoms with van der Waals surface area (Å²) in [5.74, 6) is -3.62. The first kappa shape index (κ1) is 28.2. The number of anilines is 2. The number of hydrogen-bond acceptors (Lipinski definition) is 7. The highest BCUT2D eigenvalue weighted by atomic mass is 19.1. The van der Waals surface area contributed by atoms with Crippen molar-refractivity contribution in [2.45, 2.75) is 12.2 Å². The summed E-state index contributed by atoms with van der Waals surface area (Å²) in [6.45, 7) is -0.303. The molecule has 1 aliphatic rings. The zero-order chi connectivity index (χ0) is 28.1. The quantitative estimate of drug-likeness (QED) is 0.276. The molecule has 1 heterocycles. The lowest BCUT2D eigenvalue weighted by molar-refractivity contribution is -0.150. The average Bonchev–Trinajstić information content (AvgIpc) is 2.87. The molecule has 2 atom stereocenters. The van der Waals surface area contributed by atoms with Crippen LogP contribution in [-0.4, -0.2) is 97.4 Å². The number of likely N-dealkylation sites (N-methyl/N-ethyl adjacent to an activating group) is 2. The van der Waals surface area contributed by atoms with E-state index in [1.807, 2.05) is 0 Å². The zero-order valence-electron chi connectivity index (χ0n) is 21.1. The molecule has 4 amide bonds. The van der Waals surface area contributed by atoms with Crippen LogP contribution in [0.3, 0.4) is 0 Å². The Kier molecular flexibility index (Phi) is 8.76. The number of nitrogens with one attached hydrogen (secondary N) is 2. The van der Waals surface area contributed by atoms with E-state index < -0.39 is 35.7 Å². The van der Waals surface area contributed by atoms with Crippen molar-refractivity contribution >= 4 is 40.8 Å². The highest BCUT2D eigenvalue weighted by Gasteiger charge is 2.39. The van der Waals surface area contributed by atoms with Crippen LogP contribution in [0.4, 0.5) is 15.8 Å². The van der Waals surface area contributed by atoms with Crippen LogP contribution < -0.4 is 16.0 Å². The van der Waals surface area contributed by atoms with Crippen molar-refractivity contribution < 1.29 is 33.4 Å². The number of nitrogen functional groups attached to an aromatic ring is 1. The van der Waals surface area contributed by atoms with Crippen LogP contribution in [-0.2, 0) is 19.1 Å². The number of aliphatic hydroxyl groups excluding tert-OH is 1. The Morgan fingerprint density at radius 2 is 1.84 bits per heavy atom. The van der Waals surface area contributed by atoms with E-state index in [-0.39, 0.29) is 42.7 Å². The number of amides is 4. The molecule has 0 radical (unpaired) electrons. The van der Waals surface area contributed by atoms with E-state index in [4.69, 9.17) is 15.9 Å². The molecular formula is C25H29FN6O6. The molecule has 13 heteroatoms. The summed E-state index contributed by atoms with van der Waals surface area (Å²) >= 11 is 0. The number of nitrogens with two attached hydrogens (primary N) is 1. The maximum Gasteiger partial charge on any atom is 0.259 e. The van der Waals surface area contributed by atoms with Gasteiger partial charge in [0.1, 0.15) is 11.7 Å². The lowest BCUT2D eigenvalue weighted by Crippen LogP contribution is -2.55. The molecule has 1 fully saturated rings. The van der Waals surface area contributed by atoms with Gasteiger partial charge in [-0.15, -0.1) is 0 Å².